The number of ether oxygens (including phenoxy) is 1. The second kappa shape index (κ2) is 9.09. The highest BCUT2D eigenvalue weighted by atomic mass is 32.2. The molecule has 1 aliphatic rings. The fourth-order valence-corrected chi connectivity index (χ4v) is 5.94. The van der Waals surface area contributed by atoms with Crippen molar-refractivity contribution in [3.05, 3.63) is 48.7 Å². The molecule has 2 aromatic rings. The molecule has 0 spiro atoms. The van der Waals surface area contributed by atoms with Crippen molar-refractivity contribution in [3.63, 3.8) is 0 Å². The molecule has 0 N–H and O–H groups in total. The molecular formula is C17H20N2O4S3. The third-order valence-corrected chi connectivity index (χ3v) is 8.30. The number of nitrogens with zero attached hydrogens (tertiary/aromatic N) is 2. The Bertz CT molecular complexity index is 836. The van der Waals surface area contributed by atoms with Gasteiger partial charge in [-0.15, -0.1) is 11.8 Å². The monoisotopic (exact) mass is 412 g/mol. The summed E-state index contributed by atoms with van der Waals surface area (Å²) >= 11 is 1.47. The van der Waals surface area contributed by atoms with Crippen molar-refractivity contribution >= 4 is 32.6 Å². The van der Waals surface area contributed by atoms with E-state index in [1.54, 1.807) is 12.1 Å². The molecule has 0 bridgehead atoms. The van der Waals surface area contributed by atoms with Gasteiger partial charge in [0.25, 0.3) is 0 Å². The Hall–Kier alpha value is -1.26. The second-order valence-corrected chi connectivity index (χ2v) is 10.2. The lowest BCUT2D eigenvalue weighted by molar-refractivity contribution is 0.0730. The smallest absolute Gasteiger partial charge is 0.244 e. The van der Waals surface area contributed by atoms with Gasteiger partial charge in [-0.25, -0.2) is 13.4 Å². The minimum absolute atomic E-state index is 0.191. The van der Waals surface area contributed by atoms with Crippen LogP contribution in [0.25, 0.3) is 0 Å². The third kappa shape index (κ3) is 4.92. The molecule has 1 saturated heterocycles. The Labute approximate surface area is 160 Å². The molecule has 0 radical (unpaired) electrons. The zero-order valence-corrected chi connectivity index (χ0v) is 16.6. The van der Waals surface area contributed by atoms with Crippen LogP contribution >= 0.6 is 11.8 Å². The van der Waals surface area contributed by atoms with E-state index in [4.69, 9.17) is 4.74 Å². The summed E-state index contributed by atoms with van der Waals surface area (Å²) in [4.78, 5) is 5.24. The molecule has 26 heavy (non-hydrogen) atoms. The molecule has 1 atom stereocenters. The maximum Gasteiger partial charge on any atom is 0.244 e. The average molecular weight is 413 g/mol. The van der Waals surface area contributed by atoms with Gasteiger partial charge in [-0.05, 0) is 24.3 Å². The zero-order chi connectivity index (χ0) is 18.4. The van der Waals surface area contributed by atoms with Gasteiger partial charge in [-0.2, -0.15) is 4.31 Å². The largest absolute Gasteiger partial charge is 0.379 e. The molecule has 9 heteroatoms. The molecule has 0 amide bonds. The molecule has 0 unspecified atom stereocenters. The Morgan fingerprint density at radius 3 is 2.50 bits per heavy atom. The van der Waals surface area contributed by atoms with Gasteiger partial charge in [-0.1, -0.05) is 18.2 Å². The van der Waals surface area contributed by atoms with E-state index in [1.165, 1.54) is 22.3 Å². The summed E-state index contributed by atoms with van der Waals surface area (Å²) in [7, 11) is -4.56. The van der Waals surface area contributed by atoms with Crippen LogP contribution in [0.4, 0.5) is 0 Å². The topological polar surface area (TPSA) is 76.6 Å². The molecule has 1 aromatic carbocycles. The van der Waals surface area contributed by atoms with Crippen molar-refractivity contribution in [2.75, 3.05) is 37.8 Å². The van der Waals surface area contributed by atoms with Crippen LogP contribution in [0.2, 0.25) is 0 Å². The van der Waals surface area contributed by atoms with E-state index >= 15 is 0 Å². The predicted octanol–water partition coefficient (Wildman–Crippen LogP) is 2.00. The summed E-state index contributed by atoms with van der Waals surface area (Å²) in [6.07, 6.45) is 1.39. The van der Waals surface area contributed by atoms with Crippen molar-refractivity contribution in [2.24, 2.45) is 0 Å². The first-order chi connectivity index (χ1) is 12.6. The van der Waals surface area contributed by atoms with Crippen molar-refractivity contribution < 1.29 is 17.4 Å². The van der Waals surface area contributed by atoms with Crippen LogP contribution in [0.5, 0.6) is 0 Å². The molecule has 0 saturated carbocycles. The SMILES string of the molecule is O=[S@@](CCSc1ccc(S(=O)(=O)N2CCOCC2)cn1)c1ccccc1. The first-order valence-electron chi connectivity index (χ1n) is 8.17. The lowest BCUT2D eigenvalue weighted by atomic mass is 10.4. The maximum absolute atomic E-state index is 12.5. The van der Waals surface area contributed by atoms with E-state index in [0.29, 0.717) is 37.8 Å². The van der Waals surface area contributed by atoms with Crippen LogP contribution in [0.1, 0.15) is 0 Å². The van der Waals surface area contributed by atoms with Crippen molar-refractivity contribution in [1.29, 1.82) is 0 Å². The molecule has 0 aliphatic carbocycles. The van der Waals surface area contributed by atoms with Crippen molar-refractivity contribution in [1.82, 2.24) is 9.29 Å². The molecule has 6 nitrogen and oxygen atoms in total. The first-order valence-corrected chi connectivity index (χ1v) is 11.9. The van der Waals surface area contributed by atoms with E-state index in [1.807, 2.05) is 30.3 Å². The molecule has 2 heterocycles. The van der Waals surface area contributed by atoms with Gasteiger partial charge in [-0.3, -0.25) is 4.21 Å². The van der Waals surface area contributed by atoms with Gasteiger partial charge in [0.15, 0.2) is 0 Å². The number of sulfonamides is 1. The molecule has 3 rings (SSSR count). The third-order valence-electron chi connectivity index (χ3n) is 3.84. The van der Waals surface area contributed by atoms with Crippen molar-refractivity contribution in [2.45, 2.75) is 14.8 Å². The van der Waals surface area contributed by atoms with Crippen molar-refractivity contribution in [3.8, 4) is 0 Å². The van der Waals surface area contributed by atoms with Gasteiger partial charge in [0.1, 0.15) is 4.90 Å². The number of hydrogen-bond donors (Lipinski definition) is 0. The predicted molar refractivity (Wildman–Crippen MR) is 102 cm³/mol. The van der Waals surface area contributed by atoms with Crippen LogP contribution in [0, 0.1) is 0 Å². The highest BCUT2D eigenvalue weighted by Crippen LogP contribution is 2.21. The number of aromatic nitrogens is 1. The molecule has 1 aromatic heterocycles. The van der Waals surface area contributed by atoms with Crippen LogP contribution in [-0.2, 0) is 25.6 Å². The summed E-state index contributed by atoms with van der Waals surface area (Å²) in [5.41, 5.74) is 0. The Balaban J connectivity index is 1.55. The summed E-state index contributed by atoms with van der Waals surface area (Å²) < 4.78 is 43.9. The molecule has 1 aliphatic heterocycles. The first kappa shape index (κ1) is 19.5. The fourth-order valence-electron chi connectivity index (χ4n) is 2.45. The number of pyridine rings is 1. The number of hydrogen-bond acceptors (Lipinski definition) is 6. The average Bonchev–Trinajstić information content (AvgIpc) is 2.69. The van der Waals surface area contributed by atoms with Crippen LogP contribution < -0.4 is 0 Å². The minimum Gasteiger partial charge on any atom is -0.379 e. The number of benzene rings is 1. The van der Waals surface area contributed by atoms with Crippen LogP contribution in [-0.4, -0.2) is 59.7 Å². The Morgan fingerprint density at radius 2 is 1.85 bits per heavy atom. The van der Waals surface area contributed by atoms with Gasteiger partial charge < -0.3 is 4.74 Å². The molecule has 1 fully saturated rings. The van der Waals surface area contributed by atoms with E-state index in [0.717, 1.165) is 9.92 Å². The highest BCUT2D eigenvalue weighted by Gasteiger charge is 2.26. The quantitative estimate of drug-likeness (QED) is 0.648. The van der Waals surface area contributed by atoms with Gasteiger partial charge in [0.2, 0.25) is 10.0 Å². The number of thioether (sulfide) groups is 1. The summed E-state index contributed by atoms with van der Waals surface area (Å²) in [6.45, 7) is 1.56. The van der Waals surface area contributed by atoms with Crippen LogP contribution in [0.3, 0.4) is 0 Å². The van der Waals surface area contributed by atoms with E-state index < -0.39 is 20.8 Å². The summed E-state index contributed by atoms with van der Waals surface area (Å²) in [5.74, 6) is 1.16. The van der Waals surface area contributed by atoms with Gasteiger partial charge in [0, 0.05) is 35.7 Å². The second-order valence-electron chi connectivity index (χ2n) is 5.56. The standard InChI is InChI=1S/C17H20N2O4S3/c20-25(15-4-2-1-3-5-15)13-12-24-17-7-6-16(14-18-17)26(21,22)19-8-10-23-11-9-19/h1-7,14H,8-13H2/t25-/m0/s1. The Morgan fingerprint density at radius 1 is 1.12 bits per heavy atom. The summed E-state index contributed by atoms with van der Waals surface area (Å²) in [6, 6.07) is 12.6. The summed E-state index contributed by atoms with van der Waals surface area (Å²) in [5, 5.41) is 0.719. The normalized spacial score (nSPS) is 17.1. The van der Waals surface area contributed by atoms with Gasteiger partial charge in [0.05, 0.1) is 29.0 Å². The minimum atomic E-state index is -3.52. The number of morpholine rings is 1. The van der Waals surface area contributed by atoms with Gasteiger partial charge >= 0.3 is 0 Å². The zero-order valence-electron chi connectivity index (χ0n) is 14.1. The number of rotatable bonds is 7. The maximum atomic E-state index is 12.5. The molecule has 140 valence electrons. The van der Waals surface area contributed by atoms with E-state index in [-0.39, 0.29) is 4.90 Å². The van der Waals surface area contributed by atoms with E-state index in [2.05, 4.69) is 4.98 Å². The lowest BCUT2D eigenvalue weighted by Crippen LogP contribution is -2.40. The highest BCUT2D eigenvalue weighted by molar-refractivity contribution is 8.00. The van der Waals surface area contributed by atoms with Crippen LogP contribution in [0.15, 0.2) is 63.5 Å². The Kier molecular flexibility index (Phi) is 6.82. The molecular weight excluding hydrogens is 392 g/mol. The van der Waals surface area contributed by atoms with E-state index in [9.17, 15) is 12.6 Å². The lowest BCUT2D eigenvalue weighted by Gasteiger charge is -2.25. The fraction of sp³-hybridized carbons (Fsp3) is 0.353.